The second-order valence-electron chi connectivity index (χ2n) is 9.88. The lowest BCUT2D eigenvalue weighted by molar-refractivity contribution is -0.131. The van der Waals surface area contributed by atoms with E-state index in [1.54, 1.807) is 28.7 Å². The summed E-state index contributed by atoms with van der Waals surface area (Å²) in [5, 5.41) is 10.7. The smallest absolute Gasteiger partial charge is 0.276 e. The van der Waals surface area contributed by atoms with E-state index in [2.05, 4.69) is 15.4 Å². The van der Waals surface area contributed by atoms with E-state index in [0.29, 0.717) is 49.7 Å². The fourth-order valence-electron chi connectivity index (χ4n) is 6.00. The zero-order valence-corrected chi connectivity index (χ0v) is 20.8. The van der Waals surface area contributed by atoms with Crippen LogP contribution in [-0.2, 0) is 15.0 Å². The first-order chi connectivity index (χ1) is 17.9. The number of amides is 3. The molecule has 4 heterocycles. The summed E-state index contributed by atoms with van der Waals surface area (Å²) in [4.78, 5) is 46.4. The molecule has 2 aromatic carbocycles. The van der Waals surface area contributed by atoms with Gasteiger partial charge in [0.15, 0.2) is 5.69 Å². The predicted molar refractivity (Wildman–Crippen MR) is 134 cm³/mol. The van der Waals surface area contributed by atoms with Gasteiger partial charge in [-0.25, -0.2) is 0 Å². The van der Waals surface area contributed by atoms with Crippen molar-refractivity contribution in [2.75, 3.05) is 38.2 Å². The van der Waals surface area contributed by atoms with Gasteiger partial charge < -0.3 is 19.4 Å². The number of ether oxygens (including phenoxy) is 1. The molecule has 2 atom stereocenters. The summed E-state index contributed by atoms with van der Waals surface area (Å²) in [6.07, 6.45) is 1.07. The summed E-state index contributed by atoms with van der Waals surface area (Å²) >= 11 is 0. The number of rotatable bonds is 1. The molecular formula is C27H28N6O4. The Kier molecular flexibility index (Phi) is 5.47. The lowest BCUT2D eigenvalue weighted by atomic mass is 9.72. The monoisotopic (exact) mass is 500 g/mol. The third-order valence-electron chi connectivity index (χ3n) is 7.81. The summed E-state index contributed by atoms with van der Waals surface area (Å²) in [7, 11) is 1.75. The van der Waals surface area contributed by atoms with Gasteiger partial charge in [-0.15, -0.1) is 0 Å². The predicted octanol–water partition coefficient (Wildman–Crippen LogP) is 2.23. The molecule has 10 heteroatoms. The van der Waals surface area contributed by atoms with Crippen molar-refractivity contribution in [3.8, 4) is 5.75 Å². The van der Waals surface area contributed by atoms with E-state index in [0.717, 1.165) is 11.1 Å². The number of carbonyl (C=O) groups excluding carboxylic acids is 3. The van der Waals surface area contributed by atoms with Gasteiger partial charge in [-0.05, 0) is 49.1 Å². The first kappa shape index (κ1) is 23.2. The lowest BCUT2D eigenvalue weighted by Crippen LogP contribution is -2.48. The van der Waals surface area contributed by atoms with E-state index in [9.17, 15) is 14.4 Å². The molecule has 190 valence electrons. The van der Waals surface area contributed by atoms with Crippen LogP contribution in [0.15, 0.2) is 48.5 Å². The molecule has 1 aromatic heterocycles. The maximum absolute atomic E-state index is 14.5. The van der Waals surface area contributed by atoms with Crippen LogP contribution in [-0.4, -0.2) is 76.2 Å². The van der Waals surface area contributed by atoms with Gasteiger partial charge in [0.2, 0.25) is 11.8 Å². The fourth-order valence-corrected chi connectivity index (χ4v) is 6.00. The number of carbonyl (C=O) groups is 3. The number of anilines is 1. The number of benzene rings is 2. The third kappa shape index (κ3) is 3.50. The van der Waals surface area contributed by atoms with E-state index in [1.807, 2.05) is 48.5 Å². The highest BCUT2D eigenvalue weighted by Crippen LogP contribution is 2.57. The van der Waals surface area contributed by atoms with E-state index in [4.69, 9.17) is 4.74 Å². The number of para-hydroxylation sites is 1. The first-order valence-corrected chi connectivity index (χ1v) is 12.5. The highest BCUT2D eigenvalue weighted by Gasteiger charge is 2.62. The molecule has 3 aliphatic rings. The molecule has 1 fully saturated rings. The maximum atomic E-state index is 14.5. The number of likely N-dealkylation sites (N-methyl/N-ethyl adjacent to an activating group) is 1. The van der Waals surface area contributed by atoms with Crippen LogP contribution < -0.4 is 9.64 Å². The van der Waals surface area contributed by atoms with Crippen LogP contribution in [0.5, 0.6) is 5.75 Å². The lowest BCUT2D eigenvalue weighted by Gasteiger charge is -2.35. The molecule has 3 aromatic rings. The average molecular weight is 501 g/mol. The molecule has 6 rings (SSSR count). The Morgan fingerprint density at radius 1 is 1.11 bits per heavy atom. The van der Waals surface area contributed by atoms with Crippen molar-refractivity contribution in [1.29, 1.82) is 0 Å². The Labute approximate surface area is 214 Å². The van der Waals surface area contributed by atoms with E-state index in [1.165, 1.54) is 0 Å². The SMILES string of the molecule is Cc1n[nH]nc1C(=O)N1CC[C@]23C(=O)N(CC(=O)N(C)CCCOc4cccc(c4)[C@H]12)c1ccccc13. The molecule has 0 saturated carbocycles. The quantitative estimate of drug-likeness (QED) is 0.549. The number of hydrogen-bond acceptors (Lipinski definition) is 6. The third-order valence-corrected chi connectivity index (χ3v) is 7.81. The summed E-state index contributed by atoms with van der Waals surface area (Å²) in [6, 6.07) is 14.6. The summed E-state index contributed by atoms with van der Waals surface area (Å²) < 4.78 is 6.02. The van der Waals surface area contributed by atoms with Crippen LogP contribution in [0.3, 0.4) is 0 Å². The van der Waals surface area contributed by atoms with Crippen molar-refractivity contribution in [2.45, 2.75) is 31.2 Å². The molecule has 3 amide bonds. The van der Waals surface area contributed by atoms with Crippen LogP contribution in [0.25, 0.3) is 0 Å². The molecule has 0 radical (unpaired) electrons. The van der Waals surface area contributed by atoms with Gasteiger partial charge in [-0.3, -0.25) is 14.4 Å². The molecule has 1 saturated heterocycles. The van der Waals surface area contributed by atoms with Crippen LogP contribution in [0.4, 0.5) is 5.69 Å². The fraction of sp³-hybridized carbons (Fsp3) is 0.370. The van der Waals surface area contributed by atoms with Crippen LogP contribution in [0.1, 0.15) is 46.2 Å². The molecule has 37 heavy (non-hydrogen) atoms. The van der Waals surface area contributed by atoms with Gasteiger partial charge in [-0.2, -0.15) is 15.4 Å². The van der Waals surface area contributed by atoms with Crippen LogP contribution in [0.2, 0.25) is 0 Å². The Hall–Kier alpha value is -4.21. The van der Waals surface area contributed by atoms with Crippen molar-refractivity contribution in [3.05, 3.63) is 71.0 Å². The minimum atomic E-state index is -1.05. The van der Waals surface area contributed by atoms with Crippen LogP contribution >= 0.6 is 0 Å². The normalized spacial score (nSPS) is 23.4. The second kappa shape index (κ2) is 8.72. The standard InChI is InChI=1S/C27H28N6O4/c1-17-23(29-30-28-17)25(35)32-13-11-27-20-9-3-4-10-21(20)33(26(27)36)16-22(34)31(2)12-6-14-37-19-8-5-7-18(15-19)24(27)32/h3-5,7-10,15,24H,6,11-14,16H2,1-2H3,(H,28,29,30)/t24-,27+/m0/s1. The number of hydrogen-bond donors (Lipinski definition) is 1. The Morgan fingerprint density at radius 3 is 2.76 bits per heavy atom. The Morgan fingerprint density at radius 2 is 1.95 bits per heavy atom. The molecule has 3 aliphatic heterocycles. The van der Waals surface area contributed by atoms with Gasteiger partial charge in [0, 0.05) is 25.8 Å². The minimum Gasteiger partial charge on any atom is -0.494 e. The number of aromatic amines is 1. The van der Waals surface area contributed by atoms with E-state index < -0.39 is 11.5 Å². The van der Waals surface area contributed by atoms with Gasteiger partial charge in [0.25, 0.3) is 5.91 Å². The number of H-pyrrole nitrogens is 1. The van der Waals surface area contributed by atoms with E-state index >= 15 is 0 Å². The number of likely N-dealkylation sites (tertiary alicyclic amines) is 1. The summed E-state index contributed by atoms with van der Waals surface area (Å²) in [5.41, 5.74) is 2.02. The van der Waals surface area contributed by atoms with E-state index in [-0.39, 0.29) is 30.0 Å². The van der Waals surface area contributed by atoms with Gasteiger partial charge in [0.1, 0.15) is 17.7 Å². The van der Waals surface area contributed by atoms with Crippen molar-refractivity contribution < 1.29 is 19.1 Å². The minimum absolute atomic E-state index is 0.0575. The molecular weight excluding hydrogens is 472 g/mol. The average Bonchev–Trinajstić information content (AvgIpc) is 3.58. The molecule has 0 unspecified atom stereocenters. The molecule has 10 nitrogen and oxygen atoms in total. The van der Waals surface area contributed by atoms with Crippen molar-refractivity contribution in [3.63, 3.8) is 0 Å². The zero-order chi connectivity index (χ0) is 25.7. The molecule has 1 N–H and O–H groups in total. The van der Waals surface area contributed by atoms with Gasteiger partial charge >= 0.3 is 0 Å². The van der Waals surface area contributed by atoms with Crippen molar-refractivity contribution in [2.24, 2.45) is 0 Å². The summed E-state index contributed by atoms with van der Waals surface area (Å²) in [6.45, 7) is 2.99. The highest BCUT2D eigenvalue weighted by molar-refractivity contribution is 6.12. The largest absolute Gasteiger partial charge is 0.494 e. The number of nitrogens with one attached hydrogen (secondary N) is 1. The topological polar surface area (TPSA) is 112 Å². The van der Waals surface area contributed by atoms with Crippen LogP contribution in [0, 0.1) is 6.92 Å². The highest BCUT2D eigenvalue weighted by atomic mass is 16.5. The Bertz CT molecular complexity index is 1400. The number of fused-ring (bicyclic) bond motifs is 6. The molecule has 1 spiro atoms. The Balaban J connectivity index is 1.56. The number of aromatic nitrogens is 3. The molecule has 0 aliphatic carbocycles. The number of aryl methyl sites for hydroxylation is 1. The van der Waals surface area contributed by atoms with Crippen molar-refractivity contribution in [1.82, 2.24) is 25.2 Å². The first-order valence-electron chi connectivity index (χ1n) is 12.5. The summed E-state index contributed by atoms with van der Waals surface area (Å²) in [5.74, 6) is 0.0544. The van der Waals surface area contributed by atoms with Gasteiger partial charge in [-0.1, -0.05) is 30.3 Å². The zero-order valence-electron chi connectivity index (χ0n) is 20.8. The maximum Gasteiger partial charge on any atom is 0.276 e. The van der Waals surface area contributed by atoms with Crippen molar-refractivity contribution >= 4 is 23.4 Å². The number of nitrogens with zero attached hydrogens (tertiary/aromatic N) is 5. The molecule has 4 bridgehead atoms. The second-order valence-corrected chi connectivity index (χ2v) is 9.88. The van der Waals surface area contributed by atoms with Gasteiger partial charge in [0.05, 0.1) is 18.3 Å².